The van der Waals surface area contributed by atoms with E-state index in [0.717, 1.165) is 55.9 Å². The van der Waals surface area contributed by atoms with Crippen molar-refractivity contribution < 1.29 is 19.4 Å². The third-order valence-corrected chi connectivity index (χ3v) is 6.86. The Labute approximate surface area is 233 Å². The Bertz CT molecular complexity index is 1440. The minimum atomic E-state index is -0.294. The van der Waals surface area contributed by atoms with E-state index in [9.17, 15) is 9.90 Å². The summed E-state index contributed by atoms with van der Waals surface area (Å²) in [6.45, 7) is 4.12. The largest absolute Gasteiger partial charge is 0.507 e. The number of carbonyl (C=O) groups is 1. The lowest BCUT2D eigenvalue weighted by atomic mass is 9.93. The van der Waals surface area contributed by atoms with Gasteiger partial charge in [-0.2, -0.15) is 4.98 Å². The fraction of sp³-hybridized carbons (Fsp3) is 0.290. The Morgan fingerprint density at radius 2 is 2.02 bits per heavy atom. The molecule has 3 heterocycles. The summed E-state index contributed by atoms with van der Waals surface area (Å²) < 4.78 is 11.4. The number of hydrogen-bond acceptors (Lipinski definition) is 8. The monoisotopic (exact) mass is 539 g/mol. The number of carbonyl (C=O) groups excluding carboxylic acids is 1. The summed E-state index contributed by atoms with van der Waals surface area (Å²) in [4.78, 5) is 21.6. The third kappa shape index (κ3) is 6.73. The molecule has 2 aromatic carbocycles. The maximum atomic E-state index is 12.8. The lowest BCUT2D eigenvalue weighted by Crippen LogP contribution is -2.20. The van der Waals surface area contributed by atoms with E-state index in [-0.39, 0.29) is 29.6 Å². The molecule has 0 fully saturated rings. The molecular formula is C31H33N5O4. The lowest BCUT2D eigenvalue weighted by Gasteiger charge is -2.18. The highest BCUT2D eigenvalue weighted by molar-refractivity contribution is 6.17. The molecule has 40 heavy (non-hydrogen) atoms. The molecule has 1 aromatic heterocycles. The van der Waals surface area contributed by atoms with Crippen LogP contribution in [0.15, 0.2) is 66.4 Å². The fourth-order valence-corrected chi connectivity index (χ4v) is 4.85. The van der Waals surface area contributed by atoms with Crippen LogP contribution in [-0.4, -0.2) is 46.5 Å². The van der Waals surface area contributed by atoms with Crippen molar-refractivity contribution >= 4 is 34.6 Å². The summed E-state index contributed by atoms with van der Waals surface area (Å²) in [5, 5.41) is 24.9. The number of allylic oxidation sites excluding steroid dienone is 1. The van der Waals surface area contributed by atoms with Crippen molar-refractivity contribution in [3.63, 3.8) is 0 Å². The molecule has 0 atom stereocenters. The highest BCUT2D eigenvalue weighted by atomic mass is 16.5. The van der Waals surface area contributed by atoms with Crippen LogP contribution in [0.5, 0.6) is 11.5 Å². The number of nitrogens with one attached hydrogen (secondary N) is 3. The van der Waals surface area contributed by atoms with E-state index in [1.54, 1.807) is 18.2 Å². The topological polar surface area (TPSA) is 129 Å². The highest BCUT2D eigenvalue weighted by Crippen LogP contribution is 2.33. The number of phenolic OH excluding ortho intramolecular Hbond substituents is 1. The molecule has 0 saturated carbocycles. The third-order valence-electron chi connectivity index (χ3n) is 6.86. The van der Waals surface area contributed by atoms with Crippen molar-refractivity contribution in [1.29, 1.82) is 5.41 Å². The van der Waals surface area contributed by atoms with Crippen molar-refractivity contribution in [2.75, 3.05) is 30.5 Å². The Hall–Kier alpha value is -4.50. The molecule has 5 rings (SSSR count). The molecule has 0 aliphatic carbocycles. The number of rotatable bonds is 8. The summed E-state index contributed by atoms with van der Waals surface area (Å²) in [6, 6.07) is 12.7. The molecule has 0 saturated heterocycles. The predicted molar refractivity (Wildman–Crippen MR) is 156 cm³/mol. The van der Waals surface area contributed by atoms with Crippen LogP contribution in [0.3, 0.4) is 0 Å². The predicted octanol–water partition coefficient (Wildman–Crippen LogP) is 5.92. The highest BCUT2D eigenvalue weighted by Gasteiger charge is 2.21. The number of aromatic hydroxyl groups is 1. The molecule has 4 N–H and O–H groups in total. The van der Waals surface area contributed by atoms with Gasteiger partial charge in [-0.1, -0.05) is 23.8 Å². The van der Waals surface area contributed by atoms with Gasteiger partial charge in [0.15, 0.2) is 0 Å². The van der Waals surface area contributed by atoms with Gasteiger partial charge >= 0.3 is 0 Å². The van der Waals surface area contributed by atoms with E-state index in [4.69, 9.17) is 14.9 Å². The number of phenols is 1. The molecule has 206 valence electrons. The molecule has 0 spiro atoms. The van der Waals surface area contributed by atoms with Gasteiger partial charge in [-0.3, -0.25) is 4.79 Å². The summed E-state index contributed by atoms with van der Waals surface area (Å²) in [5.41, 5.74) is 4.69. The van der Waals surface area contributed by atoms with Crippen LogP contribution in [0.2, 0.25) is 0 Å². The van der Waals surface area contributed by atoms with Gasteiger partial charge in [-0.15, -0.1) is 0 Å². The first kappa shape index (κ1) is 27.1. The van der Waals surface area contributed by atoms with Crippen molar-refractivity contribution in [1.82, 2.24) is 9.97 Å². The SMILES string of the molecule is Cc1cccc(O)c1C1=CC(=N)c2cnc(Nc3ccc(OCCCC4=CCCOCC4)cc3)nc2NC(=O)C1. The van der Waals surface area contributed by atoms with Crippen molar-refractivity contribution in [2.45, 2.75) is 39.0 Å². The van der Waals surface area contributed by atoms with Gasteiger partial charge in [0.1, 0.15) is 17.3 Å². The molecule has 1 amide bonds. The van der Waals surface area contributed by atoms with Gasteiger partial charge < -0.3 is 30.6 Å². The molecule has 0 radical (unpaired) electrons. The van der Waals surface area contributed by atoms with Gasteiger partial charge in [-0.05, 0) is 80.2 Å². The van der Waals surface area contributed by atoms with Crippen LogP contribution in [0, 0.1) is 12.3 Å². The summed E-state index contributed by atoms with van der Waals surface area (Å²) in [6.07, 6.45) is 9.38. The maximum Gasteiger partial charge on any atom is 0.229 e. The van der Waals surface area contributed by atoms with Crippen LogP contribution < -0.4 is 15.4 Å². The molecular weight excluding hydrogens is 506 g/mol. The van der Waals surface area contributed by atoms with Crippen molar-refractivity contribution in [3.8, 4) is 11.5 Å². The Kier molecular flexibility index (Phi) is 8.51. The van der Waals surface area contributed by atoms with Gasteiger partial charge in [-0.25, -0.2) is 4.98 Å². The average molecular weight is 540 g/mol. The number of ether oxygens (including phenoxy) is 2. The number of nitrogens with zero attached hydrogens (tertiary/aromatic N) is 2. The molecule has 0 unspecified atom stereocenters. The minimum Gasteiger partial charge on any atom is -0.507 e. The Morgan fingerprint density at radius 1 is 1.18 bits per heavy atom. The van der Waals surface area contributed by atoms with E-state index < -0.39 is 0 Å². The van der Waals surface area contributed by atoms with Gasteiger partial charge in [0.25, 0.3) is 0 Å². The van der Waals surface area contributed by atoms with E-state index in [0.29, 0.717) is 29.3 Å². The zero-order valence-corrected chi connectivity index (χ0v) is 22.5. The van der Waals surface area contributed by atoms with E-state index in [2.05, 4.69) is 26.7 Å². The first-order valence-corrected chi connectivity index (χ1v) is 13.5. The smallest absolute Gasteiger partial charge is 0.229 e. The van der Waals surface area contributed by atoms with Gasteiger partial charge in [0.2, 0.25) is 11.9 Å². The Balaban J connectivity index is 1.22. The lowest BCUT2D eigenvalue weighted by molar-refractivity contribution is -0.115. The summed E-state index contributed by atoms with van der Waals surface area (Å²) in [7, 11) is 0. The molecule has 9 nitrogen and oxygen atoms in total. The van der Waals surface area contributed by atoms with Crippen LogP contribution in [-0.2, 0) is 9.53 Å². The number of anilines is 3. The standard InChI is InChI=1S/C31H33N5O4/c1-20-5-2-8-27(37)29(20)22-17-26(32)25-19-33-31(36-30(25)35-28(38)18-22)34-23-9-11-24(12-10-23)40-15-4-7-21-6-3-14-39-16-13-21/h2,5-6,8-12,17,19,32,37H,3-4,7,13-16,18H2,1H3,(H2,33,34,35,36,38). The van der Waals surface area contributed by atoms with Gasteiger partial charge in [0.05, 0.1) is 37.5 Å². The minimum absolute atomic E-state index is 0.000472. The van der Waals surface area contributed by atoms with Crippen LogP contribution >= 0.6 is 0 Å². The van der Waals surface area contributed by atoms with Gasteiger partial charge in [0, 0.05) is 17.4 Å². The molecule has 0 bridgehead atoms. The first-order valence-electron chi connectivity index (χ1n) is 13.5. The number of hydrogen-bond donors (Lipinski definition) is 4. The van der Waals surface area contributed by atoms with E-state index >= 15 is 0 Å². The first-order chi connectivity index (χ1) is 19.5. The second-order valence-corrected chi connectivity index (χ2v) is 9.85. The second-order valence-electron chi connectivity index (χ2n) is 9.85. The van der Waals surface area contributed by atoms with Crippen LogP contribution in [0.1, 0.15) is 48.8 Å². The van der Waals surface area contributed by atoms with Crippen molar-refractivity contribution in [3.05, 3.63) is 83.1 Å². The van der Waals surface area contributed by atoms with E-state index in [1.165, 1.54) is 11.8 Å². The van der Waals surface area contributed by atoms with Crippen LogP contribution in [0.4, 0.5) is 17.5 Å². The number of aryl methyl sites for hydroxylation is 1. The molecule has 2 aliphatic heterocycles. The maximum absolute atomic E-state index is 12.8. The Morgan fingerprint density at radius 3 is 2.85 bits per heavy atom. The molecule has 3 aromatic rings. The van der Waals surface area contributed by atoms with E-state index in [1.807, 2.05) is 37.3 Å². The zero-order chi connectivity index (χ0) is 27.9. The summed E-state index contributed by atoms with van der Waals surface area (Å²) >= 11 is 0. The number of fused-ring (bicyclic) bond motifs is 1. The molecule has 2 aliphatic rings. The van der Waals surface area contributed by atoms with Crippen molar-refractivity contribution in [2.24, 2.45) is 0 Å². The fourth-order valence-electron chi connectivity index (χ4n) is 4.85. The average Bonchev–Trinajstić information content (AvgIpc) is 3.20. The zero-order valence-electron chi connectivity index (χ0n) is 22.5. The quantitative estimate of drug-likeness (QED) is 0.206. The normalized spacial score (nSPS) is 15.5. The number of aromatic nitrogens is 2. The molecule has 9 heteroatoms. The number of amides is 1. The second kappa shape index (κ2) is 12.6. The number of benzene rings is 2. The summed E-state index contributed by atoms with van der Waals surface area (Å²) in [5.74, 6) is 1.11. The van der Waals surface area contributed by atoms with Crippen LogP contribution in [0.25, 0.3) is 5.57 Å².